The van der Waals surface area contributed by atoms with Gasteiger partial charge < -0.3 is 61.1 Å². The number of methoxy groups -OCH3 is 2. The van der Waals surface area contributed by atoms with Crippen molar-refractivity contribution in [2.75, 3.05) is 56.5 Å². The van der Waals surface area contributed by atoms with E-state index in [9.17, 15) is 20.4 Å². The van der Waals surface area contributed by atoms with Crippen LogP contribution in [-0.2, 0) is 32.0 Å². The van der Waals surface area contributed by atoms with Gasteiger partial charge in [0.05, 0.1) is 50.1 Å². The Labute approximate surface area is 517 Å². The number of anilines is 3. The van der Waals surface area contributed by atoms with Crippen molar-refractivity contribution >= 4 is 51.4 Å². The number of aliphatic hydroxyl groups excluding tert-OH is 4. The maximum Gasteiger partial charge on any atom is 0.168 e. The van der Waals surface area contributed by atoms with Crippen LogP contribution in [0, 0.1) is 22.7 Å². The molecule has 89 heavy (non-hydrogen) atoms. The molecule has 0 aliphatic carbocycles. The van der Waals surface area contributed by atoms with Crippen LogP contribution in [0.3, 0.4) is 0 Å². The summed E-state index contributed by atoms with van der Waals surface area (Å²) in [5.74, 6) is 2.57. The number of nitrogens with one attached hydrogen (secondary N) is 3. The number of fused-ring (bicyclic) bond motifs is 2. The number of aromatic nitrogens is 10. The van der Waals surface area contributed by atoms with E-state index in [0.29, 0.717) is 80.8 Å². The lowest BCUT2D eigenvalue weighted by Gasteiger charge is -2.20. The topological polar surface area (TPSA) is 341 Å². The Morgan fingerprint density at radius 1 is 0.539 bits per heavy atom. The largest absolute Gasteiger partial charge is 0.387 e. The summed E-state index contributed by atoms with van der Waals surface area (Å²) in [6.07, 6.45) is -1.82. The number of rotatable bonds is 20. The fourth-order valence-corrected chi connectivity index (χ4v) is 10.5. The summed E-state index contributed by atoms with van der Waals surface area (Å²) in [5, 5.41) is 70.4. The van der Waals surface area contributed by atoms with Crippen LogP contribution in [0.4, 0.5) is 17.5 Å². The first kappa shape index (κ1) is 62.6. The number of nitrogens with zero attached hydrogens (tertiary/aromatic N) is 12. The average Bonchev–Trinajstić information content (AvgIpc) is 1.89. The van der Waals surface area contributed by atoms with E-state index >= 15 is 0 Å². The standard InChI is InChI=1S/C32H32N8O4.C26H30N6O4.C6H3ClN2/c1-43-18-24-28(41)29(42)32(44-24)40-19-37-27-30(36-16-23(21-8-4-2-5-9-21)22-10-6-3-7-11-22)38-26(39-31(27)40)17-35-25-13-12-20(14-33)15-34-25;1-35-14-19-22(33)23(34)26(36-19)32-15-29-21-24(30-20(12-27)31-25(21)32)28-13-18(16-8-4-2-5-9-16)17-10-6-3-7-11-17;7-6-2-1-5(3-8)4-9-6/h2-13,15,19,23-24,28-29,32,41-42H,16-18H2,1H3,(H,34,35)(H,36,38,39);2-11,15,18-19,22-23,26,33-34H,12-14,27H2,1H3,(H,28,30,31);1-2,4H/t24-,28-,29-,32-;19-,22-,23-,26-;/m11./s1. The summed E-state index contributed by atoms with van der Waals surface area (Å²) < 4.78 is 25.4. The van der Waals surface area contributed by atoms with Gasteiger partial charge >= 0.3 is 0 Å². The molecule has 456 valence electrons. The van der Waals surface area contributed by atoms with Crippen molar-refractivity contribution in [2.45, 2.75) is 74.0 Å². The van der Waals surface area contributed by atoms with Crippen LogP contribution in [-0.4, -0.2) is 147 Å². The van der Waals surface area contributed by atoms with E-state index in [1.54, 1.807) is 33.4 Å². The highest BCUT2D eigenvalue weighted by Gasteiger charge is 2.46. The second kappa shape index (κ2) is 30.0. The predicted molar refractivity (Wildman–Crippen MR) is 331 cm³/mol. The molecule has 0 amide bonds. The molecule has 0 bridgehead atoms. The molecule has 0 saturated carbocycles. The molecule has 24 nitrogen and oxygen atoms in total. The van der Waals surface area contributed by atoms with Crippen LogP contribution in [0.2, 0.25) is 5.15 Å². The smallest absolute Gasteiger partial charge is 0.168 e. The molecule has 10 aromatic rings. The summed E-state index contributed by atoms with van der Waals surface area (Å²) in [5.41, 5.74) is 13.4. The normalized spacial score (nSPS) is 19.5. The van der Waals surface area contributed by atoms with Crippen LogP contribution in [0.15, 0.2) is 171 Å². The van der Waals surface area contributed by atoms with Gasteiger partial charge in [-0.05, 0) is 46.5 Å². The van der Waals surface area contributed by atoms with E-state index in [0.717, 1.165) is 11.1 Å². The molecular formula is C64H65ClN16O8. The van der Waals surface area contributed by atoms with E-state index in [1.165, 1.54) is 50.4 Å². The average molecular weight is 1220 g/mol. The number of nitrogens with two attached hydrogens (primary N) is 1. The second-order valence-electron chi connectivity index (χ2n) is 20.7. The number of nitriles is 2. The Morgan fingerprint density at radius 2 is 0.955 bits per heavy atom. The van der Waals surface area contributed by atoms with Gasteiger partial charge in [0.15, 0.2) is 52.2 Å². The van der Waals surface area contributed by atoms with Crippen molar-refractivity contribution in [2.24, 2.45) is 5.73 Å². The Kier molecular flexibility index (Phi) is 21.1. The highest BCUT2D eigenvalue weighted by atomic mass is 35.5. The molecule has 2 aliphatic heterocycles. The molecule has 0 unspecified atom stereocenters. The van der Waals surface area contributed by atoms with Gasteiger partial charge in [0.1, 0.15) is 65.6 Å². The molecule has 0 radical (unpaired) electrons. The summed E-state index contributed by atoms with van der Waals surface area (Å²) in [6, 6.07) is 51.6. The van der Waals surface area contributed by atoms with E-state index in [-0.39, 0.29) is 38.1 Å². The molecule has 8 atom stereocenters. The number of halogens is 1. The summed E-state index contributed by atoms with van der Waals surface area (Å²) >= 11 is 5.45. The van der Waals surface area contributed by atoms with Crippen molar-refractivity contribution < 1.29 is 39.4 Å². The van der Waals surface area contributed by atoms with Crippen molar-refractivity contribution in [1.29, 1.82) is 10.5 Å². The molecule has 4 aromatic carbocycles. The zero-order valence-electron chi connectivity index (χ0n) is 48.4. The number of ether oxygens (including phenoxy) is 4. The quantitative estimate of drug-likeness (QED) is 0.0372. The molecule has 12 rings (SSSR count). The fraction of sp³-hybridized carbons (Fsp3) is 0.281. The lowest BCUT2D eigenvalue weighted by Crippen LogP contribution is -2.33. The third-order valence-corrected chi connectivity index (χ3v) is 15.2. The number of imidazole rings is 2. The zero-order valence-corrected chi connectivity index (χ0v) is 49.2. The van der Waals surface area contributed by atoms with Gasteiger partial charge in [-0.2, -0.15) is 10.5 Å². The first-order chi connectivity index (χ1) is 43.5. The van der Waals surface area contributed by atoms with Crippen molar-refractivity contribution in [3.63, 3.8) is 0 Å². The first-order valence-corrected chi connectivity index (χ1v) is 28.8. The van der Waals surface area contributed by atoms with Gasteiger partial charge in [0.2, 0.25) is 0 Å². The van der Waals surface area contributed by atoms with E-state index in [4.69, 9.17) is 56.8 Å². The number of hydrogen-bond acceptors (Lipinski definition) is 22. The monoisotopic (exact) mass is 1220 g/mol. The maximum absolute atomic E-state index is 10.9. The van der Waals surface area contributed by atoms with Crippen LogP contribution >= 0.6 is 11.6 Å². The first-order valence-electron chi connectivity index (χ1n) is 28.5. The van der Waals surface area contributed by atoms with E-state index in [1.807, 2.05) is 78.9 Å². The summed E-state index contributed by atoms with van der Waals surface area (Å²) in [7, 11) is 3.02. The lowest BCUT2D eigenvalue weighted by molar-refractivity contribution is -0.0580. The molecule has 6 aromatic heterocycles. The Morgan fingerprint density at radius 3 is 1.34 bits per heavy atom. The molecule has 9 N–H and O–H groups in total. The second-order valence-corrected chi connectivity index (χ2v) is 21.1. The number of aliphatic hydroxyl groups is 4. The highest BCUT2D eigenvalue weighted by Crippen LogP contribution is 2.36. The fourth-order valence-electron chi connectivity index (χ4n) is 10.4. The Hall–Kier alpha value is -9.41. The van der Waals surface area contributed by atoms with Crippen LogP contribution in [0.25, 0.3) is 22.3 Å². The predicted octanol–water partition coefficient (Wildman–Crippen LogP) is 6.62. The van der Waals surface area contributed by atoms with Gasteiger partial charge in [0, 0.05) is 51.5 Å². The van der Waals surface area contributed by atoms with Gasteiger partial charge in [-0.1, -0.05) is 133 Å². The van der Waals surface area contributed by atoms with Crippen LogP contribution in [0.5, 0.6) is 0 Å². The SMILES string of the molecule is COC[C@H]1O[C@@H](n2cnc3c(NCC(c4ccccc4)c4ccccc4)nc(CN)nc32)[C@H](O)[C@@H]1O.COC[C@H]1O[C@@H](n2cnc3c(NCC(c4ccccc4)c4ccccc4)nc(CNc4ccc(C#N)cn4)nc32)[C@H](O)[C@@H]1O.N#Cc1ccc(Cl)nc1. The minimum atomic E-state index is -1.22. The van der Waals surface area contributed by atoms with Gasteiger partial charge in [0.25, 0.3) is 0 Å². The van der Waals surface area contributed by atoms with Gasteiger partial charge in [-0.15, -0.1) is 0 Å². The van der Waals surface area contributed by atoms with E-state index in [2.05, 4.69) is 100 Å². The summed E-state index contributed by atoms with van der Waals surface area (Å²) in [6.45, 7) is 1.70. The van der Waals surface area contributed by atoms with Crippen molar-refractivity contribution in [1.82, 2.24) is 49.0 Å². The number of benzene rings is 4. The van der Waals surface area contributed by atoms with Crippen LogP contribution in [0.1, 0.15) is 69.3 Å². The maximum atomic E-state index is 10.9. The molecular weight excluding hydrogens is 1160 g/mol. The van der Waals surface area contributed by atoms with Gasteiger partial charge in [-0.25, -0.2) is 39.9 Å². The zero-order chi connectivity index (χ0) is 62.2. The van der Waals surface area contributed by atoms with E-state index < -0.39 is 49.1 Å². The summed E-state index contributed by atoms with van der Waals surface area (Å²) in [4.78, 5) is 35.8. The van der Waals surface area contributed by atoms with Crippen molar-refractivity contribution in [3.05, 3.63) is 221 Å². The molecule has 25 heteroatoms. The molecule has 0 spiro atoms. The van der Waals surface area contributed by atoms with Crippen LogP contribution < -0.4 is 21.7 Å². The lowest BCUT2D eigenvalue weighted by atomic mass is 9.91. The number of hydrogen-bond donors (Lipinski definition) is 8. The minimum absolute atomic E-state index is 0.0267. The highest BCUT2D eigenvalue weighted by molar-refractivity contribution is 6.29. The Bertz CT molecular complexity index is 3880. The number of pyridine rings is 2. The molecule has 2 aliphatic rings. The Balaban J connectivity index is 0.000000174. The third-order valence-electron chi connectivity index (χ3n) is 14.9. The molecule has 8 heterocycles. The molecule has 2 saturated heterocycles. The molecule has 2 fully saturated rings. The van der Waals surface area contributed by atoms with Crippen molar-refractivity contribution in [3.8, 4) is 12.1 Å². The van der Waals surface area contributed by atoms with Gasteiger partial charge in [-0.3, -0.25) is 9.13 Å². The third kappa shape index (κ3) is 15.0. The minimum Gasteiger partial charge on any atom is -0.387 e.